The van der Waals surface area contributed by atoms with Gasteiger partial charge in [-0.3, -0.25) is 9.59 Å². The molecule has 0 aromatic rings. The Balaban J connectivity index is 2.47. The minimum Gasteiger partial charge on any atom is -0.481 e. The maximum Gasteiger partial charge on any atom is 0.304 e. The lowest BCUT2D eigenvalue weighted by Gasteiger charge is -2.28. The summed E-state index contributed by atoms with van der Waals surface area (Å²) in [7, 11) is -2.36. The van der Waals surface area contributed by atoms with Crippen molar-refractivity contribution in [2.24, 2.45) is 11.7 Å². The van der Waals surface area contributed by atoms with Crippen molar-refractivity contribution in [3.63, 3.8) is 0 Å². The predicted molar refractivity (Wildman–Crippen MR) is 71.9 cm³/mol. The summed E-state index contributed by atoms with van der Waals surface area (Å²) in [5, 5.41) is 8.55. The van der Waals surface area contributed by atoms with Crippen LogP contribution < -0.4 is 10.5 Å². The number of carboxylic acid groups (broad SMARTS) is 1. The Bertz CT molecular complexity index is 457. The van der Waals surface area contributed by atoms with Gasteiger partial charge in [0.1, 0.15) is 0 Å². The van der Waals surface area contributed by atoms with E-state index in [4.69, 9.17) is 10.8 Å². The first-order valence-electron chi connectivity index (χ1n) is 6.47. The van der Waals surface area contributed by atoms with Crippen LogP contribution in [0.25, 0.3) is 0 Å². The Kier molecular flexibility index (Phi) is 5.90. The number of hydrogen-bond acceptors (Lipinski definition) is 4. The highest BCUT2D eigenvalue weighted by Gasteiger charge is 2.28. The van der Waals surface area contributed by atoms with Crippen LogP contribution in [0, 0.1) is 5.92 Å². The largest absolute Gasteiger partial charge is 0.481 e. The predicted octanol–water partition coefficient (Wildman–Crippen LogP) is -0.729. The van der Waals surface area contributed by atoms with Crippen LogP contribution in [0.4, 0.5) is 0 Å². The van der Waals surface area contributed by atoms with E-state index < -0.39 is 16.2 Å². The number of carboxylic acids is 1. The number of primary amides is 1. The summed E-state index contributed by atoms with van der Waals surface area (Å²) >= 11 is 0. The van der Waals surface area contributed by atoms with E-state index in [2.05, 4.69) is 4.72 Å². The lowest BCUT2D eigenvalue weighted by molar-refractivity contribution is -0.137. The fourth-order valence-corrected chi connectivity index (χ4v) is 3.34. The van der Waals surface area contributed by atoms with Crippen molar-refractivity contribution in [1.29, 1.82) is 0 Å². The normalized spacial score (nSPS) is 23.7. The minimum absolute atomic E-state index is 0.0820. The van der Waals surface area contributed by atoms with Gasteiger partial charge in [0.2, 0.25) is 5.91 Å². The third-order valence-corrected chi connectivity index (χ3v) is 5.13. The van der Waals surface area contributed by atoms with Crippen LogP contribution in [0.15, 0.2) is 0 Å². The maximum atomic E-state index is 12.0. The molecule has 0 unspecified atom stereocenters. The Hall–Kier alpha value is -1.19. The van der Waals surface area contributed by atoms with Gasteiger partial charge >= 0.3 is 5.97 Å². The van der Waals surface area contributed by atoms with Gasteiger partial charge in [-0.05, 0) is 25.7 Å². The Labute approximate surface area is 118 Å². The van der Waals surface area contributed by atoms with Gasteiger partial charge in [-0.25, -0.2) is 0 Å². The van der Waals surface area contributed by atoms with Gasteiger partial charge < -0.3 is 10.8 Å². The molecule has 0 radical (unpaired) electrons. The molecular formula is C11H21N3O5S. The molecule has 1 aliphatic rings. The fraction of sp³-hybridized carbons (Fsp3) is 0.818. The Morgan fingerprint density at radius 3 is 2.30 bits per heavy atom. The van der Waals surface area contributed by atoms with Crippen molar-refractivity contribution in [3.8, 4) is 0 Å². The molecule has 0 atom stereocenters. The molecule has 0 bridgehead atoms. The number of hydrogen-bond donors (Lipinski definition) is 3. The summed E-state index contributed by atoms with van der Waals surface area (Å²) in [5.41, 5.74) is 5.21. The lowest BCUT2D eigenvalue weighted by atomic mass is 9.86. The van der Waals surface area contributed by atoms with Crippen LogP contribution in [-0.4, -0.2) is 49.3 Å². The van der Waals surface area contributed by atoms with E-state index in [9.17, 15) is 18.0 Å². The molecule has 116 valence electrons. The van der Waals surface area contributed by atoms with Crippen molar-refractivity contribution in [1.82, 2.24) is 9.03 Å². The van der Waals surface area contributed by atoms with Gasteiger partial charge in [0, 0.05) is 25.6 Å². The van der Waals surface area contributed by atoms with E-state index in [-0.39, 0.29) is 30.8 Å². The van der Waals surface area contributed by atoms with Gasteiger partial charge in [-0.1, -0.05) is 0 Å². The molecular weight excluding hydrogens is 286 g/mol. The van der Waals surface area contributed by atoms with Crippen LogP contribution in [0.2, 0.25) is 0 Å². The standard InChI is InChI=1S/C11H21N3O5S/c1-14(7-6-10(15)16)20(18,19)13-9-4-2-8(3-5-9)11(12)17/h8-9,13H,2-7H2,1H3,(H2,12,17)(H,15,16). The van der Waals surface area contributed by atoms with Crippen LogP contribution in [0.1, 0.15) is 32.1 Å². The third-order valence-electron chi connectivity index (χ3n) is 3.50. The average Bonchev–Trinajstić information content (AvgIpc) is 2.35. The van der Waals surface area contributed by atoms with Crippen molar-refractivity contribution in [3.05, 3.63) is 0 Å². The molecule has 1 rings (SSSR count). The van der Waals surface area contributed by atoms with Crippen LogP contribution in [0.5, 0.6) is 0 Å². The van der Waals surface area contributed by atoms with Gasteiger partial charge in [0.05, 0.1) is 6.42 Å². The topological polar surface area (TPSA) is 130 Å². The van der Waals surface area contributed by atoms with Gasteiger partial charge in [0.25, 0.3) is 10.2 Å². The maximum absolute atomic E-state index is 12.0. The van der Waals surface area contributed by atoms with E-state index in [1.54, 1.807) is 0 Å². The number of nitrogens with one attached hydrogen (secondary N) is 1. The summed E-state index contributed by atoms with van der Waals surface area (Å²) in [6.45, 7) is -0.0820. The summed E-state index contributed by atoms with van der Waals surface area (Å²) in [6.07, 6.45) is 2.01. The second-order valence-electron chi connectivity index (χ2n) is 5.04. The van der Waals surface area contributed by atoms with Crippen molar-refractivity contribution in [2.45, 2.75) is 38.1 Å². The van der Waals surface area contributed by atoms with Crippen LogP contribution >= 0.6 is 0 Å². The number of nitrogens with zero attached hydrogens (tertiary/aromatic N) is 1. The minimum atomic E-state index is -3.69. The van der Waals surface area contributed by atoms with Crippen molar-refractivity contribution >= 4 is 22.1 Å². The van der Waals surface area contributed by atoms with E-state index in [1.165, 1.54) is 7.05 Å². The summed E-state index contributed by atoms with van der Waals surface area (Å²) < 4.78 is 27.4. The third kappa shape index (κ3) is 5.06. The lowest BCUT2D eigenvalue weighted by Crippen LogP contribution is -2.46. The Morgan fingerprint density at radius 1 is 1.30 bits per heavy atom. The second kappa shape index (κ2) is 7.00. The van der Waals surface area contributed by atoms with E-state index in [1.807, 2.05) is 0 Å². The quantitative estimate of drug-likeness (QED) is 0.571. The van der Waals surface area contributed by atoms with Crippen LogP contribution in [-0.2, 0) is 19.8 Å². The zero-order valence-electron chi connectivity index (χ0n) is 11.4. The molecule has 4 N–H and O–H groups in total. The molecule has 0 spiro atoms. The number of amides is 1. The van der Waals surface area contributed by atoms with Crippen molar-refractivity contribution in [2.75, 3.05) is 13.6 Å². The molecule has 0 aliphatic heterocycles. The number of carbonyl (C=O) groups is 2. The molecule has 1 aliphatic carbocycles. The summed E-state index contributed by atoms with van der Waals surface area (Å²) in [4.78, 5) is 21.5. The number of rotatable bonds is 7. The molecule has 0 aromatic heterocycles. The molecule has 9 heteroatoms. The zero-order valence-corrected chi connectivity index (χ0v) is 12.2. The number of aliphatic carboxylic acids is 1. The smallest absolute Gasteiger partial charge is 0.304 e. The van der Waals surface area contributed by atoms with Gasteiger partial charge in [0.15, 0.2) is 0 Å². The molecule has 1 amide bonds. The molecule has 1 fully saturated rings. The molecule has 8 nitrogen and oxygen atoms in total. The first-order valence-corrected chi connectivity index (χ1v) is 7.91. The molecule has 0 saturated heterocycles. The average molecular weight is 307 g/mol. The van der Waals surface area contributed by atoms with E-state index in [0.717, 1.165) is 4.31 Å². The van der Waals surface area contributed by atoms with Crippen molar-refractivity contribution < 1.29 is 23.1 Å². The second-order valence-corrected chi connectivity index (χ2v) is 6.85. The first-order chi connectivity index (χ1) is 9.22. The first kappa shape index (κ1) is 16.9. The fourth-order valence-electron chi connectivity index (χ4n) is 2.17. The van der Waals surface area contributed by atoms with Gasteiger partial charge in [-0.15, -0.1) is 0 Å². The molecule has 20 heavy (non-hydrogen) atoms. The highest BCUT2D eigenvalue weighted by molar-refractivity contribution is 7.87. The SMILES string of the molecule is CN(CCC(=O)O)S(=O)(=O)NC1CCC(C(N)=O)CC1. The zero-order chi connectivity index (χ0) is 15.3. The monoisotopic (exact) mass is 307 g/mol. The van der Waals surface area contributed by atoms with Crippen LogP contribution in [0.3, 0.4) is 0 Å². The molecule has 0 heterocycles. The highest BCUT2D eigenvalue weighted by Crippen LogP contribution is 2.24. The number of carbonyl (C=O) groups excluding carboxylic acids is 1. The summed E-state index contributed by atoms with van der Waals surface area (Å²) in [6, 6.07) is -0.233. The Morgan fingerprint density at radius 2 is 1.85 bits per heavy atom. The van der Waals surface area contributed by atoms with E-state index >= 15 is 0 Å². The van der Waals surface area contributed by atoms with E-state index in [0.29, 0.717) is 25.7 Å². The molecule has 0 aromatic carbocycles. The summed E-state index contributed by atoms with van der Waals surface area (Å²) in [5.74, 6) is -1.57. The molecule has 1 saturated carbocycles. The number of nitrogens with two attached hydrogens (primary N) is 1. The highest BCUT2D eigenvalue weighted by atomic mass is 32.2. The van der Waals surface area contributed by atoms with Gasteiger partial charge in [-0.2, -0.15) is 17.4 Å².